The fourth-order valence-electron chi connectivity index (χ4n) is 2.66. The molecule has 0 fully saturated rings. The summed E-state index contributed by atoms with van der Waals surface area (Å²) < 4.78 is 0.998. The number of anilines is 2. The Morgan fingerprint density at radius 3 is 3.09 bits per heavy atom. The summed E-state index contributed by atoms with van der Waals surface area (Å²) in [5.41, 5.74) is 6.59. The third-order valence-corrected chi connectivity index (χ3v) is 4.61. The van der Waals surface area contributed by atoms with Crippen molar-refractivity contribution in [1.29, 1.82) is 0 Å². The number of benzene rings is 2. The largest absolute Gasteiger partial charge is 0.392 e. The van der Waals surface area contributed by atoms with Gasteiger partial charge < -0.3 is 15.7 Å². The van der Waals surface area contributed by atoms with Gasteiger partial charge >= 0.3 is 0 Å². The molecule has 1 amide bonds. The number of nitrogens with one attached hydrogen (secondary N) is 2. The van der Waals surface area contributed by atoms with Crippen molar-refractivity contribution in [2.75, 3.05) is 10.6 Å². The maximum absolute atomic E-state index is 12.3. The van der Waals surface area contributed by atoms with Gasteiger partial charge in [-0.1, -0.05) is 12.1 Å². The van der Waals surface area contributed by atoms with Crippen LogP contribution in [0, 0.1) is 0 Å². The second-order valence-corrected chi connectivity index (χ2v) is 6.06. The highest BCUT2D eigenvalue weighted by Crippen LogP contribution is 2.39. The summed E-state index contributed by atoms with van der Waals surface area (Å²) >= 11 is 1.52. The number of hydrogen-bond donors (Lipinski definition) is 3. The number of aromatic nitrogens is 1. The van der Waals surface area contributed by atoms with Gasteiger partial charge in [-0.2, -0.15) is 0 Å². The van der Waals surface area contributed by atoms with E-state index in [9.17, 15) is 9.90 Å². The van der Waals surface area contributed by atoms with Gasteiger partial charge in [-0.05, 0) is 29.8 Å². The Kier molecular flexibility index (Phi) is 3.33. The van der Waals surface area contributed by atoms with Crippen LogP contribution in [0.4, 0.5) is 11.4 Å². The zero-order chi connectivity index (χ0) is 15.8. The van der Waals surface area contributed by atoms with Crippen LogP contribution in [0.1, 0.15) is 11.1 Å². The quantitative estimate of drug-likeness (QED) is 0.647. The molecule has 1 aromatic heterocycles. The zero-order valence-corrected chi connectivity index (χ0v) is 12.9. The number of hydrogen-bond acceptors (Lipinski definition) is 5. The number of nitrogens with zero attached hydrogens (tertiary/aromatic N) is 1. The van der Waals surface area contributed by atoms with Crippen LogP contribution in [0.2, 0.25) is 0 Å². The highest BCUT2D eigenvalue weighted by molar-refractivity contribution is 7.17. The smallest absolute Gasteiger partial charge is 0.257 e. The monoisotopic (exact) mass is 323 g/mol. The molecule has 2 heterocycles. The summed E-state index contributed by atoms with van der Waals surface area (Å²) in [6, 6.07) is 11.2. The molecule has 6 heteroatoms. The first-order valence-corrected chi connectivity index (χ1v) is 7.98. The molecule has 0 atom stereocenters. The third kappa shape index (κ3) is 2.38. The molecule has 4 rings (SSSR count). The van der Waals surface area contributed by atoms with Crippen LogP contribution in [0.5, 0.6) is 0 Å². The van der Waals surface area contributed by atoms with Crippen LogP contribution in [0.15, 0.2) is 48.1 Å². The predicted molar refractivity (Wildman–Crippen MR) is 92.2 cm³/mol. The topological polar surface area (TPSA) is 74.2 Å². The van der Waals surface area contributed by atoms with E-state index in [4.69, 9.17) is 0 Å². The Balaban J connectivity index is 1.75. The van der Waals surface area contributed by atoms with Gasteiger partial charge in [-0.15, -0.1) is 11.3 Å². The average Bonchev–Trinajstić information content (AvgIpc) is 3.16. The molecule has 1 aliphatic heterocycles. The van der Waals surface area contributed by atoms with Gasteiger partial charge in [0.15, 0.2) is 0 Å². The van der Waals surface area contributed by atoms with Crippen LogP contribution in [0.3, 0.4) is 0 Å². The molecule has 0 bridgehead atoms. The fraction of sp³-hybridized carbons (Fsp3) is 0.0588. The van der Waals surface area contributed by atoms with Crippen LogP contribution < -0.4 is 10.6 Å². The van der Waals surface area contributed by atoms with Gasteiger partial charge in [-0.3, -0.25) is 4.79 Å². The minimum Gasteiger partial charge on any atom is -0.392 e. The summed E-state index contributed by atoms with van der Waals surface area (Å²) in [4.78, 5) is 16.6. The summed E-state index contributed by atoms with van der Waals surface area (Å²) in [7, 11) is 0. The zero-order valence-electron chi connectivity index (χ0n) is 12.0. The molecule has 3 aromatic rings. The molecular weight excluding hydrogens is 310 g/mol. The molecule has 114 valence electrons. The maximum atomic E-state index is 12.3. The van der Waals surface area contributed by atoms with Gasteiger partial charge in [0, 0.05) is 17.5 Å². The molecular formula is C17H13N3O2S. The van der Waals surface area contributed by atoms with Crippen molar-refractivity contribution < 1.29 is 9.90 Å². The predicted octanol–water partition coefficient (Wildman–Crippen LogP) is 3.19. The standard InChI is InChI=1S/C17H13N3O2S/c21-8-10-2-1-3-11(6-10)18-7-12-15-13(20-17(12)22)4-5-14-16(15)23-9-19-14/h1-7,9,18,21H,8H2,(H,20,22)/b12-7+. The lowest BCUT2D eigenvalue weighted by atomic mass is 10.1. The molecule has 0 spiro atoms. The molecule has 2 aromatic carbocycles. The molecule has 3 N–H and O–H groups in total. The minimum atomic E-state index is -0.133. The van der Waals surface area contributed by atoms with Crippen molar-refractivity contribution in [3.05, 3.63) is 59.2 Å². The van der Waals surface area contributed by atoms with Crippen LogP contribution in [0.25, 0.3) is 15.8 Å². The molecule has 0 radical (unpaired) electrons. The summed E-state index contributed by atoms with van der Waals surface area (Å²) in [6.45, 7) is -0.0170. The van der Waals surface area contributed by atoms with Crippen LogP contribution in [-0.2, 0) is 11.4 Å². The van der Waals surface area contributed by atoms with Gasteiger partial charge in [0.1, 0.15) is 0 Å². The number of thiazole rings is 1. The Hall–Kier alpha value is -2.70. The number of aliphatic hydroxyl groups excluding tert-OH is 1. The molecule has 1 aliphatic rings. The first-order chi connectivity index (χ1) is 11.3. The molecule has 0 saturated heterocycles. The van der Waals surface area contributed by atoms with Crippen molar-refractivity contribution in [2.45, 2.75) is 6.61 Å². The number of rotatable bonds is 3. The average molecular weight is 323 g/mol. The van der Waals surface area contributed by atoms with Crippen molar-refractivity contribution >= 4 is 44.4 Å². The Morgan fingerprint density at radius 2 is 2.22 bits per heavy atom. The van der Waals surface area contributed by atoms with E-state index < -0.39 is 0 Å². The first kappa shape index (κ1) is 13.9. The number of fused-ring (bicyclic) bond motifs is 3. The van der Waals surface area contributed by atoms with Gasteiger partial charge in [0.25, 0.3) is 5.91 Å². The summed E-state index contributed by atoms with van der Waals surface area (Å²) in [5, 5.41) is 15.2. The Morgan fingerprint density at radius 1 is 1.30 bits per heavy atom. The second kappa shape index (κ2) is 5.49. The SMILES string of the molecule is O=C1Nc2ccc3ncsc3c2/C1=C\Nc1cccc(CO)c1. The Labute approximate surface area is 136 Å². The molecule has 5 nitrogen and oxygen atoms in total. The molecule has 0 aliphatic carbocycles. The van der Waals surface area contributed by atoms with Crippen LogP contribution >= 0.6 is 11.3 Å². The molecule has 0 saturated carbocycles. The lowest BCUT2D eigenvalue weighted by Gasteiger charge is -2.05. The fourth-order valence-corrected chi connectivity index (χ4v) is 3.51. The van der Waals surface area contributed by atoms with E-state index in [1.54, 1.807) is 11.7 Å². The lowest BCUT2D eigenvalue weighted by Crippen LogP contribution is -2.05. The van der Waals surface area contributed by atoms with E-state index in [1.165, 1.54) is 11.3 Å². The number of aliphatic hydroxyl groups is 1. The van der Waals surface area contributed by atoms with E-state index in [1.807, 2.05) is 36.4 Å². The molecule has 23 heavy (non-hydrogen) atoms. The van der Waals surface area contributed by atoms with Gasteiger partial charge in [-0.25, -0.2) is 4.98 Å². The van der Waals surface area contributed by atoms with E-state index in [0.717, 1.165) is 32.7 Å². The van der Waals surface area contributed by atoms with E-state index in [-0.39, 0.29) is 12.5 Å². The van der Waals surface area contributed by atoms with Crippen LogP contribution in [-0.4, -0.2) is 16.0 Å². The number of amides is 1. The van der Waals surface area contributed by atoms with Crippen molar-refractivity contribution in [3.63, 3.8) is 0 Å². The third-order valence-electron chi connectivity index (χ3n) is 3.75. The Bertz CT molecular complexity index is 946. The van der Waals surface area contributed by atoms with Gasteiger partial charge in [0.05, 0.1) is 33.6 Å². The normalized spacial score (nSPS) is 15.0. The van der Waals surface area contributed by atoms with E-state index in [0.29, 0.717) is 5.57 Å². The highest BCUT2D eigenvalue weighted by atomic mass is 32.1. The summed E-state index contributed by atoms with van der Waals surface area (Å²) in [5.74, 6) is -0.133. The van der Waals surface area contributed by atoms with Gasteiger partial charge in [0.2, 0.25) is 0 Å². The van der Waals surface area contributed by atoms with Crippen molar-refractivity contribution in [1.82, 2.24) is 4.98 Å². The van der Waals surface area contributed by atoms with Crippen molar-refractivity contribution in [3.8, 4) is 0 Å². The highest BCUT2D eigenvalue weighted by Gasteiger charge is 2.27. The number of carbonyl (C=O) groups is 1. The minimum absolute atomic E-state index is 0.0170. The number of carbonyl (C=O) groups excluding carboxylic acids is 1. The first-order valence-electron chi connectivity index (χ1n) is 7.10. The van der Waals surface area contributed by atoms with Crippen molar-refractivity contribution in [2.24, 2.45) is 0 Å². The van der Waals surface area contributed by atoms with E-state index in [2.05, 4.69) is 15.6 Å². The van der Waals surface area contributed by atoms with E-state index >= 15 is 0 Å². The maximum Gasteiger partial charge on any atom is 0.257 e. The summed E-state index contributed by atoms with van der Waals surface area (Å²) in [6.07, 6.45) is 1.71. The second-order valence-electron chi connectivity index (χ2n) is 5.20. The lowest BCUT2D eigenvalue weighted by molar-refractivity contribution is -0.110. The molecule has 0 unspecified atom stereocenters.